The Morgan fingerprint density at radius 3 is 1.50 bits per heavy atom. The van der Waals surface area contributed by atoms with Crippen molar-refractivity contribution in [3.63, 3.8) is 0 Å². The zero-order valence-electron chi connectivity index (χ0n) is 3.01. The van der Waals surface area contributed by atoms with Gasteiger partial charge in [0.25, 0.3) is 0 Å². The molecule has 0 aromatic carbocycles. The normalized spacial score (nSPS) is 9.67. The average Bonchev–Trinajstić information content (AvgIpc) is 0.722. The second kappa shape index (κ2) is 3.79. The number of rotatable bonds is 0. The summed E-state index contributed by atoms with van der Waals surface area (Å²) in [6.45, 7) is 0. The number of hydrogen-bond acceptors (Lipinski definition) is 3. The summed E-state index contributed by atoms with van der Waals surface area (Å²) in [7, 11) is -0.498. The van der Waals surface area contributed by atoms with Crippen LogP contribution in [0.4, 0.5) is 0 Å². The van der Waals surface area contributed by atoms with E-state index in [-0.39, 0.29) is 51.4 Å². The minimum absolute atomic E-state index is 0. The number of halogens is 1. The van der Waals surface area contributed by atoms with Crippen LogP contribution in [0.15, 0.2) is 0 Å². The van der Waals surface area contributed by atoms with Crippen LogP contribution in [0.3, 0.4) is 0 Å². The first-order valence-electron chi connectivity index (χ1n) is 0.654. The van der Waals surface area contributed by atoms with Crippen LogP contribution < -0.4 is 51.4 Å². The minimum atomic E-state index is -4.44. The van der Waals surface area contributed by atoms with Crippen LogP contribution >= 0.6 is 10.7 Å². The summed E-state index contributed by atoms with van der Waals surface area (Å²) in [5, 5.41) is 0. The van der Waals surface area contributed by atoms with Gasteiger partial charge in [-0.15, -0.1) is 0 Å². The molecule has 0 aromatic rings. The van der Waals surface area contributed by atoms with E-state index in [4.69, 9.17) is 13.0 Å². The van der Waals surface area contributed by atoms with Gasteiger partial charge in [0.2, 0.25) is 0 Å². The SMILES string of the molecule is O=S(=O)([O-])Cl.[K+]. The number of hydrogen-bond donors (Lipinski definition) is 0. The zero-order valence-corrected chi connectivity index (χ0v) is 7.71. The molecule has 0 spiro atoms. The summed E-state index contributed by atoms with van der Waals surface area (Å²) in [6, 6.07) is 0. The van der Waals surface area contributed by atoms with Gasteiger partial charge in [-0.1, -0.05) is 0 Å². The molecule has 0 rings (SSSR count). The van der Waals surface area contributed by atoms with Crippen molar-refractivity contribution in [3.8, 4) is 0 Å². The molecule has 3 nitrogen and oxygen atoms in total. The monoisotopic (exact) mass is 154 g/mol. The van der Waals surface area contributed by atoms with Crippen LogP contribution in [0.2, 0.25) is 0 Å². The van der Waals surface area contributed by atoms with Crippen molar-refractivity contribution >= 4 is 20.0 Å². The Morgan fingerprint density at radius 2 is 1.50 bits per heavy atom. The molecular formula is ClKO3S. The van der Waals surface area contributed by atoms with Crippen LogP contribution in [0.5, 0.6) is 0 Å². The second-order valence-corrected chi connectivity index (χ2v) is 2.31. The van der Waals surface area contributed by atoms with Crippen LogP contribution in [0.25, 0.3) is 0 Å². The third kappa shape index (κ3) is 40.5. The van der Waals surface area contributed by atoms with E-state index in [2.05, 4.69) is 10.7 Å². The molecule has 0 N–H and O–H groups in total. The van der Waals surface area contributed by atoms with E-state index < -0.39 is 9.33 Å². The molecule has 0 unspecified atom stereocenters. The first kappa shape index (κ1) is 10.8. The summed E-state index contributed by atoms with van der Waals surface area (Å²) in [5.41, 5.74) is 0. The van der Waals surface area contributed by atoms with Crippen LogP contribution in [-0.2, 0) is 9.33 Å². The fraction of sp³-hybridized carbons (Fsp3) is 0. The predicted molar refractivity (Wildman–Crippen MR) is 15.6 cm³/mol. The molecule has 0 saturated carbocycles. The summed E-state index contributed by atoms with van der Waals surface area (Å²) in [6.07, 6.45) is 0. The average molecular weight is 155 g/mol. The topological polar surface area (TPSA) is 57.2 Å². The van der Waals surface area contributed by atoms with E-state index in [1.54, 1.807) is 0 Å². The maximum absolute atomic E-state index is 8.84. The van der Waals surface area contributed by atoms with E-state index in [0.29, 0.717) is 0 Å². The quantitative estimate of drug-likeness (QED) is 0.209. The van der Waals surface area contributed by atoms with E-state index in [1.807, 2.05) is 0 Å². The molecule has 6 heteroatoms. The maximum Gasteiger partial charge on any atom is 1.00 e. The van der Waals surface area contributed by atoms with E-state index in [1.165, 1.54) is 0 Å². The largest absolute Gasteiger partial charge is 1.00 e. The van der Waals surface area contributed by atoms with Crippen molar-refractivity contribution in [3.05, 3.63) is 0 Å². The molecular weight excluding hydrogens is 155 g/mol. The van der Waals surface area contributed by atoms with Crippen molar-refractivity contribution in [2.24, 2.45) is 0 Å². The predicted octanol–water partition coefficient (Wildman–Crippen LogP) is -3.31. The molecule has 0 aliphatic rings. The molecule has 0 aliphatic carbocycles. The van der Waals surface area contributed by atoms with Gasteiger partial charge < -0.3 is 4.55 Å². The van der Waals surface area contributed by atoms with Gasteiger partial charge in [-0.2, -0.15) is 0 Å². The smallest absolute Gasteiger partial charge is 0.735 e. The summed E-state index contributed by atoms with van der Waals surface area (Å²) < 4.78 is 26.5. The van der Waals surface area contributed by atoms with Gasteiger partial charge in [-0.3, -0.25) is 0 Å². The Bertz CT molecular complexity index is 94.0. The molecule has 0 aliphatic heterocycles. The molecule has 0 atom stereocenters. The Balaban J connectivity index is 0. The van der Waals surface area contributed by atoms with Gasteiger partial charge in [-0.05, 0) is 0 Å². The third-order valence-electron chi connectivity index (χ3n) is 0. The van der Waals surface area contributed by atoms with Gasteiger partial charge in [0.15, 0.2) is 9.33 Å². The van der Waals surface area contributed by atoms with Gasteiger partial charge >= 0.3 is 51.4 Å². The molecule has 0 radical (unpaired) electrons. The molecule has 0 bridgehead atoms. The van der Waals surface area contributed by atoms with Gasteiger partial charge in [0, 0.05) is 10.7 Å². The van der Waals surface area contributed by atoms with Gasteiger partial charge in [0.1, 0.15) is 0 Å². The van der Waals surface area contributed by atoms with E-state index in [0.717, 1.165) is 0 Å². The Morgan fingerprint density at radius 1 is 1.50 bits per heavy atom. The second-order valence-electron chi connectivity index (χ2n) is 0.393. The summed E-state index contributed by atoms with van der Waals surface area (Å²) in [5.74, 6) is 0. The Kier molecular flexibility index (Phi) is 6.80. The minimum Gasteiger partial charge on any atom is -0.735 e. The fourth-order valence-corrected chi connectivity index (χ4v) is 0. The van der Waals surface area contributed by atoms with Crippen LogP contribution in [-0.4, -0.2) is 13.0 Å². The van der Waals surface area contributed by atoms with Gasteiger partial charge in [0.05, 0.1) is 0 Å². The molecule has 6 heavy (non-hydrogen) atoms. The van der Waals surface area contributed by atoms with E-state index >= 15 is 0 Å². The molecule has 32 valence electrons. The molecule has 0 saturated heterocycles. The first-order valence-corrected chi connectivity index (χ1v) is 2.89. The molecule has 0 heterocycles. The van der Waals surface area contributed by atoms with Crippen molar-refractivity contribution in [2.45, 2.75) is 0 Å². The van der Waals surface area contributed by atoms with Crippen LogP contribution in [0, 0.1) is 0 Å². The Hall–Kier alpha value is 1.84. The first-order chi connectivity index (χ1) is 2.00. The van der Waals surface area contributed by atoms with E-state index in [9.17, 15) is 0 Å². The zero-order chi connectivity index (χ0) is 4.50. The Labute approximate surface area is 82.7 Å². The molecule has 0 amide bonds. The molecule has 0 fully saturated rings. The summed E-state index contributed by atoms with van der Waals surface area (Å²) >= 11 is 0. The van der Waals surface area contributed by atoms with Gasteiger partial charge in [-0.25, -0.2) is 8.42 Å². The molecule has 0 aromatic heterocycles. The van der Waals surface area contributed by atoms with Crippen molar-refractivity contribution in [1.29, 1.82) is 0 Å². The maximum atomic E-state index is 8.84. The van der Waals surface area contributed by atoms with Crippen molar-refractivity contribution < 1.29 is 64.4 Å². The van der Waals surface area contributed by atoms with Crippen molar-refractivity contribution in [2.75, 3.05) is 0 Å². The standard InChI is InChI=1S/ClHO3S.K/c1-5(2,3)4;/h(H,2,3,4);/q;+1/p-1. The van der Waals surface area contributed by atoms with Crippen molar-refractivity contribution in [1.82, 2.24) is 0 Å². The fourth-order valence-electron chi connectivity index (χ4n) is 0. The van der Waals surface area contributed by atoms with Crippen LogP contribution in [0.1, 0.15) is 0 Å². The third-order valence-corrected chi connectivity index (χ3v) is 0. The summed E-state index contributed by atoms with van der Waals surface area (Å²) in [4.78, 5) is 0.